The molecule has 2 aromatic heterocycles. The molecule has 2 aromatic carbocycles. The zero-order valence-corrected chi connectivity index (χ0v) is 24.5. The number of fused-ring (bicyclic) bond motifs is 1. The second-order valence-electron chi connectivity index (χ2n) is 10.7. The maximum Gasteiger partial charge on any atom is 0.336 e. The summed E-state index contributed by atoms with van der Waals surface area (Å²) in [6.45, 7) is 8.64. The Morgan fingerprint density at radius 2 is 1.74 bits per heavy atom. The summed E-state index contributed by atoms with van der Waals surface area (Å²) < 4.78 is 5.31. The van der Waals surface area contributed by atoms with Crippen LogP contribution in [0.4, 0.5) is 39.4 Å². The molecule has 6 rings (SSSR count). The second-order valence-corrected chi connectivity index (χ2v) is 10.7. The van der Waals surface area contributed by atoms with Gasteiger partial charge in [-0.1, -0.05) is 25.1 Å². The first-order valence-corrected chi connectivity index (χ1v) is 14.3. The van der Waals surface area contributed by atoms with E-state index in [1.807, 2.05) is 31.2 Å². The Balaban J connectivity index is 1.33. The number of likely N-dealkylation sites (N-methyl/N-ethyl adjacent to an activating group) is 1. The van der Waals surface area contributed by atoms with Crippen molar-refractivity contribution in [1.82, 2.24) is 19.9 Å². The van der Waals surface area contributed by atoms with Crippen molar-refractivity contribution in [3.05, 3.63) is 83.7 Å². The molecule has 2 aliphatic rings. The van der Waals surface area contributed by atoms with Gasteiger partial charge in [0.05, 0.1) is 25.5 Å². The number of piperazine rings is 1. The smallest absolute Gasteiger partial charge is 0.336 e. The van der Waals surface area contributed by atoms with Gasteiger partial charge in [-0.05, 0) is 67.9 Å². The minimum absolute atomic E-state index is 0.217. The number of para-hydroxylation sites is 1. The monoisotopic (exact) mass is 564 g/mol. The van der Waals surface area contributed by atoms with E-state index in [0.29, 0.717) is 29.9 Å². The van der Waals surface area contributed by atoms with E-state index in [9.17, 15) is 4.79 Å². The summed E-state index contributed by atoms with van der Waals surface area (Å²) in [7, 11) is 3.75. The highest BCUT2D eigenvalue weighted by Crippen LogP contribution is 2.38. The molecule has 1 saturated heterocycles. The van der Waals surface area contributed by atoms with Crippen LogP contribution in [0.5, 0.6) is 5.75 Å². The molecule has 2 aliphatic heterocycles. The first-order chi connectivity index (χ1) is 20.4. The van der Waals surface area contributed by atoms with Gasteiger partial charge in [-0.25, -0.2) is 19.7 Å². The summed E-state index contributed by atoms with van der Waals surface area (Å²) in [4.78, 5) is 36.4. The van der Waals surface area contributed by atoms with E-state index in [2.05, 4.69) is 57.3 Å². The molecule has 0 saturated carbocycles. The van der Waals surface area contributed by atoms with E-state index < -0.39 is 0 Å². The number of benzene rings is 2. The van der Waals surface area contributed by atoms with Crippen molar-refractivity contribution < 1.29 is 9.53 Å². The van der Waals surface area contributed by atoms with Crippen molar-refractivity contribution >= 4 is 40.7 Å². The molecule has 0 unspecified atom stereocenters. The number of pyridine rings is 1. The molecule has 2 amide bonds. The number of nitrogens with one attached hydrogen (secondary N) is 1. The Bertz CT molecular complexity index is 1570. The summed E-state index contributed by atoms with van der Waals surface area (Å²) in [6.07, 6.45) is 4.21. The van der Waals surface area contributed by atoms with Gasteiger partial charge in [0.15, 0.2) is 5.82 Å². The van der Waals surface area contributed by atoms with Gasteiger partial charge in [-0.3, -0.25) is 4.90 Å². The first kappa shape index (κ1) is 27.5. The molecule has 0 atom stereocenters. The van der Waals surface area contributed by atoms with Crippen LogP contribution in [0.1, 0.15) is 23.6 Å². The van der Waals surface area contributed by atoms with Gasteiger partial charge in [0.1, 0.15) is 11.6 Å². The zero-order chi connectivity index (χ0) is 29.2. The molecule has 42 heavy (non-hydrogen) atoms. The van der Waals surface area contributed by atoms with Gasteiger partial charge in [0.25, 0.3) is 0 Å². The summed E-state index contributed by atoms with van der Waals surface area (Å²) >= 11 is 0. The molecule has 216 valence electrons. The van der Waals surface area contributed by atoms with Crippen molar-refractivity contribution in [1.29, 1.82) is 0 Å². The largest absolute Gasteiger partial charge is 0.495 e. The topological polar surface area (TPSA) is 90.0 Å². The number of ether oxygens (including phenoxy) is 1. The van der Waals surface area contributed by atoms with E-state index in [4.69, 9.17) is 9.72 Å². The molecule has 0 radical (unpaired) electrons. The number of aryl methyl sites for hydroxylation is 2. The van der Waals surface area contributed by atoms with Crippen molar-refractivity contribution in [3.8, 4) is 5.75 Å². The van der Waals surface area contributed by atoms with E-state index in [1.54, 1.807) is 41.4 Å². The van der Waals surface area contributed by atoms with Gasteiger partial charge in [-0.2, -0.15) is 4.98 Å². The van der Waals surface area contributed by atoms with Gasteiger partial charge >= 0.3 is 6.03 Å². The lowest BCUT2D eigenvalue weighted by molar-refractivity contribution is 0.252. The van der Waals surface area contributed by atoms with E-state index >= 15 is 0 Å². The summed E-state index contributed by atoms with van der Waals surface area (Å²) in [5, 5.41) is 3.33. The van der Waals surface area contributed by atoms with Crippen LogP contribution in [0.25, 0.3) is 0 Å². The van der Waals surface area contributed by atoms with E-state index in [1.165, 1.54) is 5.69 Å². The van der Waals surface area contributed by atoms with Crippen molar-refractivity contribution in [2.45, 2.75) is 26.8 Å². The number of anilines is 6. The number of urea groups is 1. The Hall–Kier alpha value is -4.70. The lowest BCUT2D eigenvalue weighted by Crippen LogP contribution is -2.46. The Kier molecular flexibility index (Phi) is 7.62. The van der Waals surface area contributed by atoms with Crippen LogP contribution in [-0.4, -0.2) is 66.2 Å². The number of amides is 2. The predicted molar refractivity (Wildman–Crippen MR) is 167 cm³/mol. The molecule has 0 spiro atoms. The van der Waals surface area contributed by atoms with E-state index in [0.717, 1.165) is 60.7 Å². The zero-order valence-electron chi connectivity index (χ0n) is 24.5. The number of carbonyl (C=O) groups is 1. The number of rotatable bonds is 7. The van der Waals surface area contributed by atoms with Gasteiger partial charge < -0.3 is 19.9 Å². The standard InChI is InChI=1S/C32H36N8O2/c1-5-23-8-6-7-22(2)29(23)39-21-24-19-34-31(35-25-9-11-26(12-10-25)38-17-15-37(3)16-18-38)36-30(24)40(32(39)41)28-14-13-27(42-4)20-33-28/h6-14,19-20H,5,15-18,21H2,1-4H3,(H,34,35,36). The molecule has 10 nitrogen and oxygen atoms in total. The summed E-state index contributed by atoms with van der Waals surface area (Å²) in [5.41, 5.74) is 5.95. The summed E-state index contributed by atoms with van der Waals surface area (Å²) in [5.74, 6) is 1.98. The Morgan fingerprint density at radius 1 is 0.952 bits per heavy atom. The van der Waals surface area contributed by atoms with Gasteiger partial charge in [-0.15, -0.1) is 0 Å². The average molecular weight is 565 g/mol. The number of methoxy groups -OCH3 is 1. The minimum atomic E-state index is -0.217. The number of carbonyl (C=O) groups excluding carboxylic acids is 1. The van der Waals surface area contributed by atoms with Crippen LogP contribution < -0.4 is 24.8 Å². The van der Waals surface area contributed by atoms with Crippen molar-refractivity contribution in [2.24, 2.45) is 0 Å². The van der Waals surface area contributed by atoms with Crippen LogP contribution in [0, 0.1) is 6.92 Å². The third kappa shape index (κ3) is 5.33. The lowest BCUT2D eigenvalue weighted by atomic mass is 10.0. The van der Waals surface area contributed by atoms with E-state index in [-0.39, 0.29) is 6.03 Å². The van der Waals surface area contributed by atoms with Crippen LogP contribution in [-0.2, 0) is 13.0 Å². The Morgan fingerprint density at radius 3 is 2.43 bits per heavy atom. The van der Waals surface area contributed by atoms with Crippen molar-refractivity contribution in [2.75, 3.05) is 60.4 Å². The average Bonchev–Trinajstić information content (AvgIpc) is 3.02. The van der Waals surface area contributed by atoms with Crippen LogP contribution >= 0.6 is 0 Å². The summed E-state index contributed by atoms with van der Waals surface area (Å²) in [6, 6.07) is 17.8. The molecule has 1 fully saturated rings. The molecule has 0 bridgehead atoms. The Labute approximate surface area is 246 Å². The van der Waals surface area contributed by atoms with Crippen LogP contribution in [0.15, 0.2) is 67.0 Å². The molecule has 0 aliphatic carbocycles. The maximum atomic E-state index is 14.2. The first-order valence-electron chi connectivity index (χ1n) is 14.3. The quantitative estimate of drug-likeness (QED) is 0.314. The lowest BCUT2D eigenvalue weighted by Gasteiger charge is -2.37. The normalized spacial score (nSPS) is 15.5. The SMILES string of the molecule is CCc1cccc(C)c1N1Cc2cnc(Nc3ccc(N4CCN(C)CC4)cc3)nc2N(c2ccc(OC)cn2)C1=O. The fourth-order valence-corrected chi connectivity index (χ4v) is 5.56. The minimum Gasteiger partial charge on any atom is -0.495 e. The number of aromatic nitrogens is 3. The molecular formula is C32H36N8O2. The molecule has 10 heteroatoms. The van der Waals surface area contributed by atoms with Gasteiger partial charge in [0.2, 0.25) is 5.95 Å². The molecule has 1 N–H and O–H groups in total. The number of hydrogen-bond acceptors (Lipinski definition) is 8. The molecule has 4 aromatic rings. The fraction of sp³-hybridized carbons (Fsp3) is 0.312. The molecular weight excluding hydrogens is 528 g/mol. The maximum absolute atomic E-state index is 14.2. The fourth-order valence-electron chi connectivity index (χ4n) is 5.56. The second kappa shape index (κ2) is 11.7. The third-order valence-electron chi connectivity index (χ3n) is 7.95. The predicted octanol–water partition coefficient (Wildman–Crippen LogP) is 5.52. The highest BCUT2D eigenvalue weighted by Gasteiger charge is 2.36. The molecule has 4 heterocycles. The highest BCUT2D eigenvalue weighted by atomic mass is 16.5. The highest BCUT2D eigenvalue weighted by molar-refractivity contribution is 6.10. The third-order valence-corrected chi connectivity index (χ3v) is 7.95. The number of nitrogens with zero attached hydrogens (tertiary/aromatic N) is 7. The van der Waals surface area contributed by atoms with Crippen LogP contribution in [0.2, 0.25) is 0 Å². The van der Waals surface area contributed by atoms with Crippen molar-refractivity contribution in [3.63, 3.8) is 0 Å². The number of hydrogen-bond donors (Lipinski definition) is 1. The van der Waals surface area contributed by atoms with Crippen LogP contribution in [0.3, 0.4) is 0 Å². The van der Waals surface area contributed by atoms with Gasteiger partial charge in [0, 0.05) is 49.3 Å².